The molecule has 2 N–H and O–H groups in total. The standard InChI is InChI=1S/C10H12ClNO3S/c11-8-3-4-9(15-6-7-1-2-7)10(5-8)16(12,13)14/h3-5,7H,1-2,6H2,(H2,12,13,14). The Labute approximate surface area is 99.4 Å². The highest BCUT2D eigenvalue weighted by Crippen LogP contribution is 2.32. The number of benzene rings is 1. The molecule has 1 aliphatic carbocycles. The molecule has 1 aromatic rings. The van der Waals surface area contributed by atoms with E-state index in [1.807, 2.05) is 0 Å². The first-order chi connectivity index (χ1) is 7.47. The molecule has 1 saturated carbocycles. The largest absolute Gasteiger partial charge is 0.492 e. The van der Waals surface area contributed by atoms with Gasteiger partial charge in [-0.2, -0.15) is 0 Å². The molecule has 0 unspecified atom stereocenters. The van der Waals surface area contributed by atoms with Gasteiger partial charge in [-0.3, -0.25) is 0 Å². The Hall–Kier alpha value is -0.780. The Kier molecular flexibility index (Phi) is 3.10. The van der Waals surface area contributed by atoms with E-state index in [1.165, 1.54) is 12.1 Å². The Morgan fingerprint density at radius 1 is 1.44 bits per heavy atom. The first kappa shape index (κ1) is 11.7. The fourth-order valence-electron chi connectivity index (χ4n) is 1.32. The summed E-state index contributed by atoms with van der Waals surface area (Å²) in [6.07, 6.45) is 2.27. The highest BCUT2D eigenvalue weighted by atomic mass is 35.5. The van der Waals surface area contributed by atoms with Crippen molar-refractivity contribution >= 4 is 21.6 Å². The molecule has 88 valence electrons. The van der Waals surface area contributed by atoms with Gasteiger partial charge in [0.25, 0.3) is 0 Å². The van der Waals surface area contributed by atoms with Gasteiger partial charge in [0.2, 0.25) is 10.0 Å². The fraction of sp³-hybridized carbons (Fsp3) is 0.400. The van der Waals surface area contributed by atoms with Gasteiger partial charge in [0.15, 0.2) is 0 Å². The molecule has 0 spiro atoms. The van der Waals surface area contributed by atoms with Crippen LogP contribution in [0.2, 0.25) is 5.02 Å². The molecule has 0 saturated heterocycles. The molecule has 4 nitrogen and oxygen atoms in total. The maximum Gasteiger partial charge on any atom is 0.241 e. The van der Waals surface area contributed by atoms with Gasteiger partial charge in [-0.25, -0.2) is 13.6 Å². The third-order valence-corrected chi connectivity index (χ3v) is 3.55. The Morgan fingerprint density at radius 2 is 2.12 bits per heavy atom. The summed E-state index contributed by atoms with van der Waals surface area (Å²) in [7, 11) is -3.79. The minimum absolute atomic E-state index is 0.0550. The number of nitrogens with two attached hydrogens (primary N) is 1. The van der Waals surface area contributed by atoms with E-state index in [0.717, 1.165) is 12.8 Å². The third kappa shape index (κ3) is 2.87. The zero-order valence-electron chi connectivity index (χ0n) is 8.52. The summed E-state index contributed by atoms with van der Waals surface area (Å²) in [6.45, 7) is 0.532. The highest BCUT2D eigenvalue weighted by molar-refractivity contribution is 7.89. The number of sulfonamides is 1. The molecule has 0 atom stereocenters. The molecule has 0 aliphatic heterocycles. The van der Waals surface area contributed by atoms with Crippen molar-refractivity contribution in [3.63, 3.8) is 0 Å². The fourth-order valence-corrected chi connectivity index (χ4v) is 2.25. The predicted octanol–water partition coefficient (Wildman–Crippen LogP) is 1.78. The lowest BCUT2D eigenvalue weighted by Crippen LogP contribution is -2.14. The van der Waals surface area contributed by atoms with Crippen LogP contribution in [0.25, 0.3) is 0 Å². The van der Waals surface area contributed by atoms with Crippen molar-refractivity contribution in [1.29, 1.82) is 0 Å². The van der Waals surface area contributed by atoms with Gasteiger partial charge in [0, 0.05) is 5.02 Å². The van der Waals surface area contributed by atoms with Gasteiger partial charge in [-0.15, -0.1) is 0 Å². The number of rotatable bonds is 4. The van der Waals surface area contributed by atoms with E-state index in [9.17, 15) is 8.42 Å². The van der Waals surface area contributed by atoms with E-state index in [2.05, 4.69) is 0 Å². The number of hydrogen-bond donors (Lipinski definition) is 1. The first-order valence-corrected chi connectivity index (χ1v) is 6.84. The molecule has 1 aromatic carbocycles. The van der Waals surface area contributed by atoms with Crippen LogP contribution in [0.3, 0.4) is 0 Å². The Balaban J connectivity index is 2.27. The van der Waals surface area contributed by atoms with E-state index in [0.29, 0.717) is 17.5 Å². The number of halogens is 1. The van der Waals surface area contributed by atoms with Crippen LogP contribution in [0, 0.1) is 5.92 Å². The van der Waals surface area contributed by atoms with Gasteiger partial charge in [0.05, 0.1) is 6.61 Å². The van der Waals surface area contributed by atoms with Crippen molar-refractivity contribution in [2.45, 2.75) is 17.7 Å². The van der Waals surface area contributed by atoms with Gasteiger partial charge in [0.1, 0.15) is 10.6 Å². The summed E-state index contributed by atoms with van der Waals surface area (Å²) >= 11 is 5.72. The van der Waals surface area contributed by atoms with Gasteiger partial charge in [-0.1, -0.05) is 11.6 Å². The molecule has 16 heavy (non-hydrogen) atoms. The van der Waals surface area contributed by atoms with Crippen LogP contribution in [0.4, 0.5) is 0 Å². The maximum atomic E-state index is 11.3. The predicted molar refractivity (Wildman–Crippen MR) is 61.0 cm³/mol. The molecule has 1 aliphatic rings. The summed E-state index contributed by atoms with van der Waals surface area (Å²) < 4.78 is 28.0. The molecule has 2 rings (SSSR count). The van der Waals surface area contributed by atoms with Crippen LogP contribution in [-0.2, 0) is 10.0 Å². The molecular formula is C10H12ClNO3S. The van der Waals surface area contributed by atoms with Crippen molar-refractivity contribution in [3.8, 4) is 5.75 Å². The lowest BCUT2D eigenvalue weighted by molar-refractivity contribution is 0.292. The average Bonchev–Trinajstić information content (AvgIpc) is 2.98. The maximum absolute atomic E-state index is 11.3. The third-order valence-electron chi connectivity index (χ3n) is 2.38. The van der Waals surface area contributed by atoms with Crippen LogP contribution in [0.15, 0.2) is 23.1 Å². The normalized spacial score (nSPS) is 16.1. The van der Waals surface area contributed by atoms with Crippen LogP contribution >= 0.6 is 11.6 Å². The summed E-state index contributed by atoms with van der Waals surface area (Å²) in [6, 6.07) is 4.42. The Morgan fingerprint density at radius 3 is 2.69 bits per heavy atom. The molecule has 0 radical (unpaired) electrons. The summed E-state index contributed by atoms with van der Waals surface area (Å²) in [5.74, 6) is 0.822. The lowest BCUT2D eigenvalue weighted by atomic mass is 10.3. The minimum Gasteiger partial charge on any atom is -0.492 e. The molecule has 6 heteroatoms. The second-order valence-electron chi connectivity index (χ2n) is 3.89. The van der Waals surface area contributed by atoms with E-state index in [-0.39, 0.29) is 10.6 Å². The molecule has 0 aromatic heterocycles. The topological polar surface area (TPSA) is 69.4 Å². The minimum atomic E-state index is -3.79. The zero-order chi connectivity index (χ0) is 11.8. The van der Waals surface area contributed by atoms with Crippen molar-refractivity contribution < 1.29 is 13.2 Å². The SMILES string of the molecule is NS(=O)(=O)c1cc(Cl)ccc1OCC1CC1. The average molecular weight is 262 g/mol. The Bertz CT molecular complexity index is 497. The summed E-state index contributed by atoms with van der Waals surface area (Å²) in [5.41, 5.74) is 0. The monoisotopic (exact) mass is 261 g/mol. The molecule has 0 bridgehead atoms. The molecule has 0 amide bonds. The molecule has 1 fully saturated rings. The smallest absolute Gasteiger partial charge is 0.241 e. The number of ether oxygens (including phenoxy) is 1. The quantitative estimate of drug-likeness (QED) is 0.898. The van der Waals surface area contributed by atoms with Crippen LogP contribution < -0.4 is 9.88 Å². The van der Waals surface area contributed by atoms with E-state index < -0.39 is 10.0 Å². The summed E-state index contributed by atoms with van der Waals surface area (Å²) in [5, 5.41) is 5.40. The van der Waals surface area contributed by atoms with E-state index in [1.54, 1.807) is 6.07 Å². The van der Waals surface area contributed by atoms with E-state index in [4.69, 9.17) is 21.5 Å². The molecular weight excluding hydrogens is 250 g/mol. The second kappa shape index (κ2) is 4.24. The van der Waals surface area contributed by atoms with Crippen LogP contribution in [0.5, 0.6) is 5.75 Å². The zero-order valence-corrected chi connectivity index (χ0v) is 10.1. The van der Waals surface area contributed by atoms with Gasteiger partial charge >= 0.3 is 0 Å². The van der Waals surface area contributed by atoms with Crippen LogP contribution in [0.1, 0.15) is 12.8 Å². The van der Waals surface area contributed by atoms with Gasteiger partial charge in [-0.05, 0) is 37.0 Å². The first-order valence-electron chi connectivity index (χ1n) is 4.92. The van der Waals surface area contributed by atoms with Crippen molar-refractivity contribution in [2.75, 3.05) is 6.61 Å². The summed E-state index contributed by atoms with van der Waals surface area (Å²) in [4.78, 5) is -0.0550. The van der Waals surface area contributed by atoms with Crippen LogP contribution in [-0.4, -0.2) is 15.0 Å². The number of primary sulfonamides is 1. The van der Waals surface area contributed by atoms with Crippen molar-refractivity contribution in [1.82, 2.24) is 0 Å². The van der Waals surface area contributed by atoms with Gasteiger partial charge < -0.3 is 4.74 Å². The van der Waals surface area contributed by atoms with E-state index >= 15 is 0 Å². The lowest BCUT2D eigenvalue weighted by Gasteiger charge is -2.09. The van der Waals surface area contributed by atoms with Crippen molar-refractivity contribution in [3.05, 3.63) is 23.2 Å². The van der Waals surface area contributed by atoms with Crippen molar-refractivity contribution in [2.24, 2.45) is 11.1 Å². The highest BCUT2D eigenvalue weighted by Gasteiger charge is 2.23. The second-order valence-corrected chi connectivity index (χ2v) is 5.86. The number of hydrogen-bond acceptors (Lipinski definition) is 3. The molecule has 0 heterocycles.